The zero-order chi connectivity index (χ0) is 21.2. The van der Waals surface area contributed by atoms with Gasteiger partial charge in [-0.15, -0.1) is 0 Å². The maximum atomic E-state index is 11.7. The Morgan fingerprint density at radius 1 is 1.17 bits per heavy atom. The molecule has 0 bridgehead atoms. The number of benzene rings is 2. The highest BCUT2D eigenvalue weighted by Gasteiger charge is 2.18. The lowest BCUT2D eigenvalue weighted by molar-refractivity contribution is 0.0697. The SMILES string of the molecule is CCCCNc1cc(C(=O)O)cc(NCCC2CCCNC2)c1Oc1ccccc1. The Morgan fingerprint density at radius 2 is 1.90 bits per heavy atom. The van der Waals surface area contributed by atoms with Crippen molar-refractivity contribution in [2.24, 2.45) is 5.92 Å². The van der Waals surface area contributed by atoms with Gasteiger partial charge >= 0.3 is 5.97 Å². The van der Waals surface area contributed by atoms with E-state index in [2.05, 4.69) is 22.9 Å². The van der Waals surface area contributed by atoms with Gasteiger partial charge in [0.1, 0.15) is 5.75 Å². The molecule has 3 rings (SSSR count). The molecular formula is C24H33N3O3. The number of para-hydroxylation sites is 1. The first kappa shape index (κ1) is 22.0. The van der Waals surface area contributed by atoms with E-state index in [1.54, 1.807) is 12.1 Å². The van der Waals surface area contributed by atoms with Crippen molar-refractivity contribution >= 4 is 17.3 Å². The first-order valence-electron chi connectivity index (χ1n) is 11.0. The first-order valence-corrected chi connectivity index (χ1v) is 11.0. The Balaban J connectivity index is 1.84. The monoisotopic (exact) mass is 411 g/mol. The third-order valence-corrected chi connectivity index (χ3v) is 5.41. The first-order chi connectivity index (χ1) is 14.7. The van der Waals surface area contributed by atoms with Crippen LogP contribution in [0.15, 0.2) is 42.5 Å². The van der Waals surface area contributed by atoms with E-state index in [1.807, 2.05) is 30.3 Å². The second-order valence-corrected chi connectivity index (χ2v) is 7.83. The molecule has 1 aliphatic rings. The zero-order valence-corrected chi connectivity index (χ0v) is 17.7. The van der Waals surface area contributed by atoms with Gasteiger partial charge in [0.05, 0.1) is 16.9 Å². The van der Waals surface area contributed by atoms with E-state index in [1.165, 1.54) is 12.8 Å². The van der Waals surface area contributed by atoms with Crippen LogP contribution in [0.5, 0.6) is 11.5 Å². The third-order valence-electron chi connectivity index (χ3n) is 5.41. The number of rotatable bonds is 11. The van der Waals surface area contributed by atoms with Crippen LogP contribution in [0.4, 0.5) is 11.4 Å². The van der Waals surface area contributed by atoms with Crippen molar-refractivity contribution in [3.63, 3.8) is 0 Å². The van der Waals surface area contributed by atoms with Gasteiger partial charge in [-0.3, -0.25) is 0 Å². The molecule has 1 unspecified atom stereocenters. The largest absolute Gasteiger partial charge is 0.478 e. The van der Waals surface area contributed by atoms with Gasteiger partial charge in [0, 0.05) is 13.1 Å². The van der Waals surface area contributed by atoms with Gasteiger partial charge in [-0.25, -0.2) is 4.79 Å². The molecule has 0 amide bonds. The van der Waals surface area contributed by atoms with Gasteiger partial charge in [0.15, 0.2) is 5.75 Å². The van der Waals surface area contributed by atoms with Gasteiger partial charge in [-0.05, 0) is 69.0 Å². The molecule has 0 saturated carbocycles. The highest BCUT2D eigenvalue weighted by molar-refractivity contribution is 5.92. The Kier molecular flexibility index (Phi) is 8.39. The number of anilines is 2. The summed E-state index contributed by atoms with van der Waals surface area (Å²) in [5, 5.41) is 19.9. The minimum atomic E-state index is -0.945. The molecular weight excluding hydrogens is 378 g/mol. The van der Waals surface area contributed by atoms with Crippen molar-refractivity contribution < 1.29 is 14.6 Å². The maximum absolute atomic E-state index is 11.7. The van der Waals surface area contributed by atoms with E-state index in [9.17, 15) is 9.90 Å². The third kappa shape index (κ3) is 6.39. The van der Waals surface area contributed by atoms with Crippen molar-refractivity contribution in [3.8, 4) is 11.5 Å². The minimum Gasteiger partial charge on any atom is -0.478 e. The molecule has 1 fully saturated rings. The van der Waals surface area contributed by atoms with E-state index >= 15 is 0 Å². The van der Waals surface area contributed by atoms with E-state index in [0.717, 1.165) is 51.2 Å². The van der Waals surface area contributed by atoms with Crippen LogP contribution in [-0.4, -0.2) is 37.3 Å². The van der Waals surface area contributed by atoms with Gasteiger partial charge in [0.25, 0.3) is 0 Å². The van der Waals surface area contributed by atoms with Gasteiger partial charge < -0.3 is 25.8 Å². The van der Waals surface area contributed by atoms with Crippen LogP contribution in [0.3, 0.4) is 0 Å². The molecule has 0 aromatic heterocycles. The van der Waals surface area contributed by atoms with Gasteiger partial charge in [0.2, 0.25) is 0 Å². The lowest BCUT2D eigenvalue weighted by Gasteiger charge is -2.24. The summed E-state index contributed by atoms with van der Waals surface area (Å²) in [5.41, 5.74) is 1.66. The summed E-state index contributed by atoms with van der Waals surface area (Å²) in [6, 6.07) is 12.9. The second kappa shape index (κ2) is 11.5. The number of carbonyl (C=O) groups is 1. The lowest BCUT2D eigenvalue weighted by Crippen LogP contribution is -2.30. The summed E-state index contributed by atoms with van der Waals surface area (Å²) in [6.45, 7) is 5.82. The molecule has 2 aromatic carbocycles. The van der Waals surface area contributed by atoms with Crippen molar-refractivity contribution in [3.05, 3.63) is 48.0 Å². The van der Waals surface area contributed by atoms with Crippen molar-refractivity contribution in [1.82, 2.24) is 5.32 Å². The smallest absolute Gasteiger partial charge is 0.335 e. The zero-order valence-electron chi connectivity index (χ0n) is 17.7. The molecule has 30 heavy (non-hydrogen) atoms. The average molecular weight is 412 g/mol. The fourth-order valence-electron chi connectivity index (χ4n) is 3.71. The molecule has 162 valence electrons. The van der Waals surface area contributed by atoms with Gasteiger partial charge in [-0.2, -0.15) is 0 Å². The van der Waals surface area contributed by atoms with E-state index in [4.69, 9.17) is 4.74 Å². The standard InChI is InChI=1S/C24H33N3O3/c1-2-3-13-26-21-15-19(24(28)29)16-22(23(21)30-20-9-5-4-6-10-20)27-14-11-18-8-7-12-25-17-18/h4-6,9-10,15-16,18,25-27H,2-3,7-8,11-14,17H2,1H3,(H,28,29). The number of carboxylic acid groups (broad SMARTS) is 1. The molecule has 4 N–H and O–H groups in total. The highest BCUT2D eigenvalue weighted by atomic mass is 16.5. The molecule has 1 saturated heterocycles. The minimum absolute atomic E-state index is 0.247. The normalized spacial score (nSPS) is 16.1. The Morgan fingerprint density at radius 3 is 2.53 bits per heavy atom. The maximum Gasteiger partial charge on any atom is 0.335 e. The molecule has 1 heterocycles. The quantitative estimate of drug-likeness (QED) is 0.381. The number of hydrogen-bond acceptors (Lipinski definition) is 5. The number of carboxylic acids is 1. The number of ether oxygens (including phenoxy) is 1. The van der Waals surface area contributed by atoms with Crippen LogP contribution in [0.2, 0.25) is 0 Å². The molecule has 6 nitrogen and oxygen atoms in total. The summed E-state index contributed by atoms with van der Waals surface area (Å²) in [7, 11) is 0. The molecule has 1 aliphatic heterocycles. The van der Waals surface area contributed by atoms with Crippen LogP contribution in [0.25, 0.3) is 0 Å². The summed E-state index contributed by atoms with van der Waals surface area (Å²) in [4.78, 5) is 11.7. The van der Waals surface area contributed by atoms with Crippen molar-refractivity contribution in [1.29, 1.82) is 0 Å². The van der Waals surface area contributed by atoms with Gasteiger partial charge in [-0.1, -0.05) is 31.5 Å². The fraction of sp³-hybridized carbons (Fsp3) is 0.458. The number of piperidine rings is 1. The number of aromatic carboxylic acids is 1. The van der Waals surface area contributed by atoms with E-state index < -0.39 is 5.97 Å². The van der Waals surface area contributed by atoms with E-state index in [-0.39, 0.29) is 5.56 Å². The van der Waals surface area contributed by atoms with Crippen LogP contribution >= 0.6 is 0 Å². The molecule has 6 heteroatoms. The summed E-state index contributed by atoms with van der Waals surface area (Å²) >= 11 is 0. The molecule has 0 aliphatic carbocycles. The molecule has 1 atom stereocenters. The topological polar surface area (TPSA) is 82.6 Å². The van der Waals surface area contributed by atoms with E-state index in [0.29, 0.717) is 23.0 Å². The van der Waals surface area contributed by atoms with Crippen LogP contribution < -0.4 is 20.7 Å². The second-order valence-electron chi connectivity index (χ2n) is 7.83. The summed E-state index contributed by atoms with van der Waals surface area (Å²) in [6.07, 6.45) is 5.54. The summed E-state index contributed by atoms with van der Waals surface area (Å²) in [5.74, 6) is 1.07. The molecule has 2 aromatic rings. The highest BCUT2D eigenvalue weighted by Crippen LogP contribution is 2.38. The molecule has 0 spiro atoms. The Hall–Kier alpha value is -2.73. The Bertz CT molecular complexity index is 805. The predicted molar refractivity (Wildman–Crippen MR) is 122 cm³/mol. The van der Waals surface area contributed by atoms with Crippen molar-refractivity contribution in [2.75, 3.05) is 36.8 Å². The fourth-order valence-corrected chi connectivity index (χ4v) is 3.71. The average Bonchev–Trinajstić information content (AvgIpc) is 2.77. The molecule has 0 radical (unpaired) electrons. The number of nitrogens with one attached hydrogen (secondary N) is 3. The predicted octanol–water partition coefficient (Wildman–Crippen LogP) is 5.19. The Labute approximate surface area is 179 Å². The van der Waals surface area contributed by atoms with Crippen LogP contribution in [0, 0.1) is 5.92 Å². The van der Waals surface area contributed by atoms with Crippen molar-refractivity contribution in [2.45, 2.75) is 39.0 Å². The van der Waals surface area contributed by atoms with Crippen LogP contribution in [0.1, 0.15) is 49.4 Å². The van der Waals surface area contributed by atoms with Crippen LogP contribution in [-0.2, 0) is 0 Å². The number of hydrogen-bond donors (Lipinski definition) is 4. The lowest BCUT2D eigenvalue weighted by atomic mass is 9.96. The number of unbranched alkanes of at least 4 members (excludes halogenated alkanes) is 1. The summed E-state index contributed by atoms with van der Waals surface area (Å²) < 4.78 is 6.22.